The molecule has 0 bridgehead atoms. The summed E-state index contributed by atoms with van der Waals surface area (Å²) >= 11 is 5.85. The van der Waals surface area contributed by atoms with E-state index in [9.17, 15) is 13.6 Å². The van der Waals surface area contributed by atoms with Crippen molar-refractivity contribution in [1.29, 1.82) is 0 Å². The summed E-state index contributed by atoms with van der Waals surface area (Å²) in [6.07, 6.45) is 3.65. The van der Waals surface area contributed by atoms with Gasteiger partial charge in [0.25, 0.3) is 5.91 Å². The van der Waals surface area contributed by atoms with E-state index in [1.54, 1.807) is 4.90 Å². The molecule has 1 aromatic rings. The molecule has 1 fully saturated rings. The lowest BCUT2D eigenvalue weighted by atomic mass is 9.98. The van der Waals surface area contributed by atoms with Gasteiger partial charge in [-0.05, 0) is 37.8 Å². The van der Waals surface area contributed by atoms with E-state index in [2.05, 4.69) is 0 Å². The van der Waals surface area contributed by atoms with E-state index in [1.807, 2.05) is 6.92 Å². The van der Waals surface area contributed by atoms with E-state index in [0.29, 0.717) is 6.54 Å². The standard InChI is InChI=1S/C14H16ClF2NO/c1-2-9-5-3-4-8-18(9)14(19)12-10(15)6-7-11(16)13(12)17/h6-7,9H,2-5,8H2,1H3. The van der Waals surface area contributed by atoms with Gasteiger partial charge in [-0.25, -0.2) is 8.78 Å². The molecule has 19 heavy (non-hydrogen) atoms. The number of carbonyl (C=O) groups excluding carboxylic acids is 1. The molecular weight excluding hydrogens is 272 g/mol. The smallest absolute Gasteiger partial charge is 0.258 e. The van der Waals surface area contributed by atoms with Crippen molar-refractivity contribution in [2.75, 3.05) is 6.54 Å². The normalized spacial score (nSPS) is 19.6. The lowest BCUT2D eigenvalue weighted by Crippen LogP contribution is -2.43. The Hall–Kier alpha value is -1.16. The van der Waals surface area contributed by atoms with E-state index < -0.39 is 17.5 Å². The second-order valence-electron chi connectivity index (χ2n) is 4.77. The van der Waals surface area contributed by atoms with Gasteiger partial charge in [-0.3, -0.25) is 4.79 Å². The first-order chi connectivity index (χ1) is 9.06. The Labute approximate surface area is 116 Å². The molecule has 0 radical (unpaired) electrons. The van der Waals surface area contributed by atoms with E-state index in [1.165, 1.54) is 6.07 Å². The maximum Gasteiger partial charge on any atom is 0.258 e. The quantitative estimate of drug-likeness (QED) is 0.752. The van der Waals surface area contributed by atoms with Crippen molar-refractivity contribution >= 4 is 17.5 Å². The van der Waals surface area contributed by atoms with Crippen LogP contribution in [0.4, 0.5) is 8.78 Å². The fraction of sp³-hybridized carbons (Fsp3) is 0.500. The third-order valence-corrected chi connectivity index (χ3v) is 3.93. The summed E-state index contributed by atoms with van der Waals surface area (Å²) in [4.78, 5) is 14.0. The largest absolute Gasteiger partial charge is 0.336 e. The number of carbonyl (C=O) groups is 1. The van der Waals surface area contributed by atoms with Crippen molar-refractivity contribution in [2.24, 2.45) is 0 Å². The third kappa shape index (κ3) is 2.73. The Morgan fingerprint density at radius 2 is 2.16 bits per heavy atom. The third-order valence-electron chi connectivity index (χ3n) is 3.62. The molecule has 2 nitrogen and oxygen atoms in total. The highest BCUT2D eigenvalue weighted by Gasteiger charge is 2.30. The summed E-state index contributed by atoms with van der Waals surface area (Å²) in [6, 6.07) is 2.24. The van der Waals surface area contributed by atoms with Crippen LogP contribution >= 0.6 is 11.6 Å². The molecule has 1 atom stereocenters. The van der Waals surface area contributed by atoms with Crippen LogP contribution in [-0.4, -0.2) is 23.4 Å². The van der Waals surface area contributed by atoms with E-state index in [-0.39, 0.29) is 16.6 Å². The number of hydrogen-bond acceptors (Lipinski definition) is 1. The minimum atomic E-state index is -1.15. The number of nitrogens with zero attached hydrogens (tertiary/aromatic N) is 1. The van der Waals surface area contributed by atoms with E-state index >= 15 is 0 Å². The monoisotopic (exact) mass is 287 g/mol. The maximum absolute atomic E-state index is 13.8. The number of benzene rings is 1. The van der Waals surface area contributed by atoms with Crippen molar-refractivity contribution in [2.45, 2.75) is 38.6 Å². The Morgan fingerprint density at radius 1 is 1.42 bits per heavy atom. The van der Waals surface area contributed by atoms with Crippen LogP contribution in [0.1, 0.15) is 43.0 Å². The van der Waals surface area contributed by atoms with Crippen LogP contribution in [0.2, 0.25) is 5.02 Å². The van der Waals surface area contributed by atoms with Gasteiger partial charge in [0, 0.05) is 12.6 Å². The van der Waals surface area contributed by atoms with Crippen LogP contribution in [-0.2, 0) is 0 Å². The first-order valence-electron chi connectivity index (χ1n) is 6.50. The first kappa shape index (κ1) is 14.3. The molecule has 104 valence electrons. The van der Waals surface area contributed by atoms with Gasteiger partial charge in [-0.2, -0.15) is 0 Å². The summed E-state index contributed by atoms with van der Waals surface area (Å²) in [5.74, 6) is -2.70. The molecule has 5 heteroatoms. The lowest BCUT2D eigenvalue weighted by Gasteiger charge is -2.35. The van der Waals surface area contributed by atoms with Crippen LogP contribution in [0.15, 0.2) is 12.1 Å². The van der Waals surface area contributed by atoms with Gasteiger partial charge in [0.2, 0.25) is 0 Å². The van der Waals surface area contributed by atoms with Crippen LogP contribution in [0.5, 0.6) is 0 Å². The zero-order chi connectivity index (χ0) is 14.0. The predicted octanol–water partition coefficient (Wildman–Crippen LogP) is 4.02. The van der Waals surface area contributed by atoms with Crippen LogP contribution in [0, 0.1) is 11.6 Å². The highest BCUT2D eigenvalue weighted by molar-refractivity contribution is 6.33. The minimum absolute atomic E-state index is 0.0377. The van der Waals surface area contributed by atoms with E-state index in [4.69, 9.17) is 11.6 Å². The zero-order valence-electron chi connectivity index (χ0n) is 10.8. The van der Waals surface area contributed by atoms with Gasteiger partial charge in [-0.15, -0.1) is 0 Å². The van der Waals surface area contributed by atoms with Gasteiger partial charge in [0.15, 0.2) is 11.6 Å². The molecule has 1 unspecified atom stereocenters. The van der Waals surface area contributed by atoms with Crippen molar-refractivity contribution in [1.82, 2.24) is 4.90 Å². The number of rotatable bonds is 2. The summed E-state index contributed by atoms with van der Waals surface area (Å²) in [5, 5.41) is -0.0377. The molecule has 2 rings (SSSR count). The summed E-state index contributed by atoms with van der Waals surface area (Å²) < 4.78 is 27.1. The number of halogens is 3. The predicted molar refractivity (Wildman–Crippen MR) is 70.3 cm³/mol. The van der Waals surface area contributed by atoms with Crippen LogP contribution in [0.3, 0.4) is 0 Å². The minimum Gasteiger partial charge on any atom is -0.336 e. The SMILES string of the molecule is CCC1CCCCN1C(=O)c1c(Cl)ccc(F)c1F. The zero-order valence-corrected chi connectivity index (χ0v) is 11.5. The topological polar surface area (TPSA) is 20.3 Å². The molecular formula is C14H16ClF2NO. The fourth-order valence-electron chi connectivity index (χ4n) is 2.56. The molecule has 1 saturated heterocycles. The molecule has 0 spiro atoms. The second kappa shape index (κ2) is 5.87. The lowest BCUT2D eigenvalue weighted by molar-refractivity contribution is 0.0602. The molecule has 1 aromatic carbocycles. The Bertz CT molecular complexity index is 493. The molecule has 0 N–H and O–H groups in total. The van der Waals surface area contributed by atoms with Gasteiger partial charge in [-0.1, -0.05) is 18.5 Å². The average molecular weight is 288 g/mol. The van der Waals surface area contributed by atoms with Crippen molar-refractivity contribution < 1.29 is 13.6 Å². The van der Waals surface area contributed by atoms with Gasteiger partial charge in [0.05, 0.1) is 10.6 Å². The van der Waals surface area contributed by atoms with Gasteiger partial charge in [0.1, 0.15) is 0 Å². The Morgan fingerprint density at radius 3 is 2.84 bits per heavy atom. The first-order valence-corrected chi connectivity index (χ1v) is 6.88. The fourth-order valence-corrected chi connectivity index (χ4v) is 2.79. The maximum atomic E-state index is 13.8. The molecule has 0 aromatic heterocycles. The van der Waals surface area contributed by atoms with E-state index in [0.717, 1.165) is 31.7 Å². The van der Waals surface area contributed by atoms with Crippen LogP contribution in [0.25, 0.3) is 0 Å². The van der Waals surface area contributed by atoms with Crippen molar-refractivity contribution in [3.8, 4) is 0 Å². The molecule has 0 saturated carbocycles. The summed E-state index contributed by atoms with van der Waals surface area (Å²) in [5.41, 5.74) is -0.345. The number of hydrogen-bond donors (Lipinski definition) is 0. The van der Waals surface area contributed by atoms with Crippen LogP contribution < -0.4 is 0 Å². The average Bonchev–Trinajstić information content (AvgIpc) is 2.43. The molecule has 1 heterocycles. The van der Waals surface area contributed by atoms with Gasteiger partial charge < -0.3 is 4.90 Å². The Kier molecular flexibility index (Phi) is 4.40. The Balaban J connectivity index is 2.36. The molecule has 1 amide bonds. The van der Waals surface area contributed by atoms with Crippen molar-refractivity contribution in [3.05, 3.63) is 34.4 Å². The highest BCUT2D eigenvalue weighted by atomic mass is 35.5. The number of likely N-dealkylation sites (tertiary alicyclic amines) is 1. The summed E-state index contributed by atoms with van der Waals surface area (Å²) in [6.45, 7) is 2.56. The van der Waals surface area contributed by atoms with Gasteiger partial charge >= 0.3 is 0 Å². The number of piperidine rings is 1. The summed E-state index contributed by atoms with van der Waals surface area (Å²) in [7, 11) is 0. The molecule has 0 aliphatic carbocycles. The molecule has 1 aliphatic heterocycles. The van der Waals surface area contributed by atoms with Crippen molar-refractivity contribution in [3.63, 3.8) is 0 Å². The molecule has 1 aliphatic rings. The number of amides is 1. The second-order valence-corrected chi connectivity index (χ2v) is 5.18. The highest BCUT2D eigenvalue weighted by Crippen LogP contribution is 2.27.